The lowest BCUT2D eigenvalue weighted by atomic mass is 9.87. The maximum atomic E-state index is 13.5. The molecule has 1 saturated carbocycles. The van der Waals surface area contributed by atoms with Gasteiger partial charge in [-0.15, -0.1) is 0 Å². The van der Waals surface area contributed by atoms with E-state index in [1.54, 1.807) is 12.3 Å². The Hall–Kier alpha value is -3.62. The largest absolute Gasteiger partial charge is 0.444 e. The molecule has 2 aliphatic heterocycles. The molecule has 1 aliphatic carbocycles. The lowest BCUT2D eigenvalue weighted by Gasteiger charge is -2.37. The minimum atomic E-state index is -4.52. The zero-order valence-electron chi connectivity index (χ0n) is 25.5. The zero-order chi connectivity index (χ0) is 32.2. The number of alkyl carbamates (subject to hydrolysis) is 1. The Bertz CT molecular complexity index is 1680. The highest BCUT2D eigenvalue weighted by Gasteiger charge is 2.51. The summed E-state index contributed by atoms with van der Waals surface area (Å²) >= 11 is 0. The highest BCUT2D eigenvalue weighted by Crippen LogP contribution is 2.47. The fourth-order valence-corrected chi connectivity index (χ4v) is 7.83. The van der Waals surface area contributed by atoms with Crippen LogP contribution in [0.15, 0.2) is 30.5 Å². The molecule has 0 unspecified atom stereocenters. The second-order valence-corrected chi connectivity index (χ2v) is 15.6. The van der Waals surface area contributed by atoms with Crippen LogP contribution in [0.2, 0.25) is 0 Å². The van der Waals surface area contributed by atoms with Gasteiger partial charge in [0.2, 0.25) is 5.95 Å². The van der Waals surface area contributed by atoms with Crippen molar-refractivity contribution in [3.05, 3.63) is 36.0 Å². The van der Waals surface area contributed by atoms with E-state index in [2.05, 4.69) is 25.6 Å². The van der Waals surface area contributed by atoms with Gasteiger partial charge in [0.1, 0.15) is 21.3 Å². The summed E-state index contributed by atoms with van der Waals surface area (Å²) in [6.45, 7) is 6.79. The number of anilines is 2. The van der Waals surface area contributed by atoms with Crippen LogP contribution in [0.25, 0.3) is 16.7 Å². The summed E-state index contributed by atoms with van der Waals surface area (Å²) in [6.07, 6.45) is 0.836. The fraction of sp³-hybridized carbons (Fsp3) is 0.600. The fourth-order valence-electron chi connectivity index (χ4n) is 6.34. The number of piperidine rings is 1. The lowest BCUT2D eigenvalue weighted by molar-refractivity contribution is -0.137. The minimum Gasteiger partial charge on any atom is -0.444 e. The molecule has 3 fully saturated rings. The van der Waals surface area contributed by atoms with Crippen LogP contribution >= 0.6 is 0 Å². The van der Waals surface area contributed by atoms with Gasteiger partial charge in [-0.2, -0.15) is 28.2 Å². The quantitative estimate of drug-likeness (QED) is 0.375. The van der Waals surface area contributed by atoms with Gasteiger partial charge >= 0.3 is 12.3 Å². The number of fused-ring (bicyclic) bond motifs is 1. The molecule has 0 atom stereocenters. The van der Waals surface area contributed by atoms with E-state index in [1.807, 2.05) is 20.8 Å². The second-order valence-electron chi connectivity index (χ2n) is 13.3. The summed E-state index contributed by atoms with van der Waals surface area (Å²) in [7, 11) is -3.08. The van der Waals surface area contributed by atoms with Crippen LogP contribution in [0, 0.1) is 5.92 Å². The third kappa shape index (κ3) is 6.97. The summed E-state index contributed by atoms with van der Waals surface area (Å²) in [5.74, 6) is 1.26. The van der Waals surface area contributed by atoms with Crippen LogP contribution in [0.1, 0.15) is 64.9 Å². The van der Waals surface area contributed by atoms with Gasteiger partial charge in [-0.1, -0.05) is 6.07 Å². The van der Waals surface area contributed by atoms with Gasteiger partial charge in [0.25, 0.3) is 0 Å². The van der Waals surface area contributed by atoms with Crippen molar-refractivity contribution in [1.29, 1.82) is 0 Å². The molecule has 2 N–H and O–H groups in total. The molecule has 2 aromatic heterocycles. The van der Waals surface area contributed by atoms with Crippen molar-refractivity contribution in [3.63, 3.8) is 0 Å². The van der Waals surface area contributed by atoms with Crippen molar-refractivity contribution >= 4 is 38.7 Å². The summed E-state index contributed by atoms with van der Waals surface area (Å²) in [6, 6.07) is 4.75. The van der Waals surface area contributed by atoms with E-state index in [4.69, 9.17) is 9.72 Å². The average molecular weight is 650 g/mol. The van der Waals surface area contributed by atoms with E-state index in [9.17, 15) is 26.4 Å². The van der Waals surface area contributed by atoms with Crippen molar-refractivity contribution < 1.29 is 31.1 Å². The zero-order valence-corrected chi connectivity index (χ0v) is 26.3. The first kappa shape index (κ1) is 31.4. The van der Waals surface area contributed by atoms with E-state index >= 15 is 0 Å². The molecule has 4 heterocycles. The minimum absolute atomic E-state index is 0.0640. The molecule has 3 aliphatic rings. The third-order valence-electron chi connectivity index (χ3n) is 8.83. The van der Waals surface area contributed by atoms with Gasteiger partial charge in [-0.25, -0.2) is 17.9 Å². The van der Waals surface area contributed by atoms with E-state index in [0.29, 0.717) is 42.8 Å². The predicted molar refractivity (Wildman–Crippen MR) is 163 cm³/mol. The summed E-state index contributed by atoms with van der Waals surface area (Å²) in [5.41, 5.74) is -1.11. The first-order chi connectivity index (χ1) is 21.1. The molecular formula is C30H38F3N7O4S. The first-order valence-electron chi connectivity index (χ1n) is 15.3. The first-order valence-corrected chi connectivity index (χ1v) is 17.1. The molecule has 15 heteroatoms. The molecule has 244 valence electrons. The Kier molecular flexibility index (Phi) is 7.89. The van der Waals surface area contributed by atoms with Crippen LogP contribution < -0.4 is 15.5 Å². The van der Waals surface area contributed by atoms with E-state index < -0.39 is 33.3 Å². The Labute approximate surface area is 259 Å². The number of amides is 1. The van der Waals surface area contributed by atoms with Crippen LogP contribution in [0.5, 0.6) is 0 Å². The number of halogens is 3. The Balaban J connectivity index is 1.28. The number of hydrogen-bond donors (Lipinski definition) is 2. The molecule has 3 aromatic rings. The lowest BCUT2D eigenvalue weighted by Crippen LogP contribution is -2.48. The number of aromatic nitrogens is 4. The van der Waals surface area contributed by atoms with E-state index in [-0.39, 0.29) is 40.6 Å². The number of carbonyl (C=O) groups excluding carboxylic acids is 1. The van der Waals surface area contributed by atoms with Crippen LogP contribution in [-0.4, -0.2) is 76.0 Å². The van der Waals surface area contributed by atoms with Gasteiger partial charge < -0.3 is 20.3 Å². The number of rotatable bonds is 6. The predicted octanol–water partition coefficient (Wildman–Crippen LogP) is 5.10. The number of benzene rings is 1. The molecule has 1 amide bonds. The highest BCUT2D eigenvalue weighted by molar-refractivity contribution is 7.91. The van der Waals surface area contributed by atoms with Crippen LogP contribution in [0.3, 0.4) is 0 Å². The Morgan fingerprint density at radius 2 is 1.73 bits per heavy atom. The van der Waals surface area contributed by atoms with Crippen molar-refractivity contribution in [1.82, 2.24) is 25.1 Å². The summed E-state index contributed by atoms with van der Waals surface area (Å²) < 4.78 is 71.4. The second kappa shape index (κ2) is 11.3. The normalized spacial score (nSPS) is 20.6. The van der Waals surface area contributed by atoms with Gasteiger partial charge in [0.15, 0.2) is 5.65 Å². The van der Waals surface area contributed by atoms with Crippen molar-refractivity contribution in [2.75, 3.05) is 34.8 Å². The Morgan fingerprint density at radius 1 is 1.04 bits per heavy atom. The van der Waals surface area contributed by atoms with Gasteiger partial charge in [-0.05, 0) is 83.4 Å². The Morgan fingerprint density at radius 3 is 2.36 bits per heavy atom. The van der Waals surface area contributed by atoms with E-state index in [0.717, 1.165) is 37.8 Å². The smallest absolute Gasteiger partial charge is 0.416 e. The summed E-state index contributed by atoms with van der Waals surface area (Å²) in [4.78, 5) is 24.2. The summed E-state index contributed by atoms with van der Waals surface area (Å²) in [5, 5.41) is 11.4. The van der Waals surface area contributed by atoms with Gasteiger partial charge in [0.05, 0.1) is 34.3 Å². The van der Waals surface area contributed by atoms with E-state index in [1.165, 1.54) is 10.7 Å². The number of sulfone groups is 1. The molecule has 6 rings (SSSR count). The van der Waals surface area contributed by atoms with Gasteiger partial charge in [-0.3, -0.25) is 0 Å². The highest BCUT2D eigenvalue weighted by atomic mass is 32.2. The maximum absolute atomic E-state index is 13.5. The third-order valence-corrected chi connectivity index (χ3v) is 10.5. The van der Waals surface area contributed by atoms with Crippen molar-refractivity contribution in [2.24, 2.45) is 5.92 Å². The molecule has 11 nitrogen and oxygen atoms in total. The molecule has 0 spiro atoms. The number of ether oxygens (including phenoxy) is 1. The van der Waals surface area contributed by atoms with Crippen LogP contribution in [-0.2, 0) is 20.8 Å². The molecule has 2 saturated heterocycles. The SMILES string of the molecule is CC(C)(C)OC(=O)NC1(C2CCN(c3nc(NC4CCS(=O)(=O)CC4)nc4c3cnn4-c3cccc(C(F)(F)F)c3)CC2)CC1. The molecule has 45 heavy (non-hydrogen) atoms. The number of nitrogens with one attached hydrogen (secondary N) is 2. The molecular weight excluding hydrogens is 611 g/mol. The average Bonchev–Trinajstić information content (AvgIpc) is 3.61. The van der Waals surface area contributed by atoms with Crippen molar-refractivity contribution in [2.45, 2.75) is 82.7 Å². The number of alkyl halides is 3. The number of carbonyl (C=O) groups is 1. The topological polar surface area (TPSA) is 131 Å². The molecule has 1 aromatic carbocycles. The van der Waals surface area contributed by atoms with Gasteiger partial charge in [0, 0.05) is 24.7 Å². The monoisotopic (exact) mass is 649 g/mol. The standard InChI is InChI=1S/C30H38F3N7O4S/c1-28(2,3)44-27(41)38-29(11-12-29)19-7-13-39(14-8-19)24-23-18-34-40(22-6-4-5-20(17-22)30(31,32)33)25(23)37-26(36-24)35-21-9-15-45(42,43)16-10-21/h4-6,17-19,21H,7-16H2,1-3H3,(H,38,41)(H,35,36,37). The molecule has 0 bridgehead atoms. The van der Waals surface area contributed by atoms with Crippen LogP contribution in [0.4, 0.5) is 29.7 Å². The van der Waals surface area contributed by atoms with Crippen molar-refractivity contribution in [3.8, 4) is 5.69 Å². The molecule has 0 radical (unpaired) electrons. The maximum Gasteiger partial charge on any atom is 0.416 e. The number of nitrogens with zero attached hydrogens (tertiary/aromatic N) is 5. The number of hydrogen-bond acceptors (Lipinski definition) is 9.